The van der Waals surface area contributed by atoms with Gasteiger partial charge in [-0.3, -0.25) is 10.2 Å². The average molecular weight is 366 g/mol. The Morgan fingerprint density at radius 2 is 2.00 bits per heavy atom. The molecule has 5 nitrogen and oxygen atoms in total. The summed E-state index contributed by atoms with van der Waals surface area (Å²) in [6.07, 6.45) is -1.28. The average Bonchev–Trinajstić information content (AvgIpc) is 2.52. The molecule has 1 aromatic carbocycles. The number of amides is 1. The summed E-state index contributed by atoms with van der Waals surface area (Å²) in [5.41, 5.74) is 1.97. The topological polar surface area (TPSA) is 97.0 Å². The minimum atomic E-state index is -1.35. The standard InChI is InChI=1S/C13H14Cl2FN3O2S/c14-11(15)13(21)19-9(5-16)10(20)7-1-3-8(4-2-7)12(18)22-6-17/h1-4,6,9-11,17-18,20H,5H2,(H,19,21). The van der Waals surface area contributed by atoms with Gasteiger partial charge in [-0.1, -0.05) is 59.2 Å². The van der Waals surface area contributed by atoms with Gasteiger partial charge in [0.15, 0.2) is 4.84 Å². The van der Waals surface area contributed by atoms with Crippen LogP contribution in [0, 0.1) is 10.8 Å². The van der Waals surface area contributed by atoms with Crippen molar-refractivity contribution in [1.29, 1.82) is 10.8 Å². The van der Waals surface area contributed by atoms with Gasteiger partial charge in [0.1, 0.15) is 12.8 Å². The maximum absolute atomic E-state index is 13.0. The van der Waals surface area contributed by atoms with Gasteiger partial charge in [-0.15, -0.1) is 0 Å². The fourth-order valence-electron chi connectivity index (χ4n) is 1.64. The molecule has 9 heteroatoms. The molecule has 0 aliphatic rings. The van der Waals surface area contributed by atoms with Gasteiger partial charge in [-0.05, 0) is 5.56 Å². The summed E-state index contributed by atoms with van der Waals surface area (Å²) in [5.74, 6) is -0.786. The first-order chi connectivity index (χ1) is 10.4. The van der Waals surface area contributed by atoms with Crippen molar-refractivity contribution in [3.63, 3.8) is 0 Å². The number of aliphatic hydroxyl groups excluding tert-OH is 1. The normalized spacial score (nSPS) is 13.5. The fraction of sp³-hybridized carbons (Fsp3) is 0.308. The Labute approximate surface area is 141 Å². The van der Waals surface area contributed by atoms with E-state index in [0.717, 1.165) is 17.3 Å². The summed E-state index contributed by atoms with van der Waals surface area (Å²) < 4.78 is 13.0. The van der Waals surface area contributed by atoms with E-state index in [1.54, 1.807) is 12.1 Å². The quantitative estimate of drug-likeness (QED) is 0.339. The van der Waals surface area contributed by atoms with E-state index in [1.165, 1.54) is 12.1 Å². The lowest BCUT2D eigenvalue weighted by Gasteiger charge is -2.22. The molecule has 0 radical (unpaired) electrons. The molecule has 0 bridgehead atoms. The molecular formula is C13H14Cl2FN3O2S. The van der Waals surface area contributed by atoms with Crippen LogP contribution in [0.2, 0.25) is 0 Å². The second-order valence-electron chi connectivity index (χ2n) is 4.20. The first-order valence-electron chi connectivity index (χ1n) is 6.07. The third kappa shape index (κ3) is 5.24. The second kappa shape index (κ2) is 9.09. The number of carbonyl (C=O) groups is 1. The molecule has 1 aromatic rings. The highest BCUT2D eigenvalue weighted by molar-refractivity contribution is 8.25. The molecule has 4 N–H and O–H groups in total. The summed E-state index contributed by atoms with van der Waals surface area (Å²) >= 11 is 11.7. The largest absolute Gasteiger partial charge is 0.386 e. The monoisotopic (exact) mass is 365 g/mol. The minimum Gasteiger partial charge on any atom is -0.386 e. The van der Waals surface area contributed by atoms with Crippen molar-refractivity contribution >= 4 is 51.5 Å². The first-order valence-corrected chi connectivity index (χ1v) is 7.83. The zero-order valence-corrected chi connectivity index (χ0v) is 13.6. The minimum absolute atomic E-state index is 0.179. The Bertz CT molecular complexity index is 543. The number of aliphatic hydroxyl groups is 1. The van der Waals surface area contributed by atoms with Crippen molar-refractivity contribution in [3.05, 3.63) is 35.4 Å². The van der Waals surface area contributed by atoms with Crippen molar-refractivity contribution in [2.75, 3.05) is 6.67 Å². The third-order valence-electron chi connectivity index (χ3n) is 2.76. The number of rotatable bonds is 7. The molecule has 2 unspecified atom stereocenters. The molecule has 0 aliphatic carbocycles. The fourth-order valence-corrected chi connectivity index (χ4v) is 2.15. The molecule has 0 saturated heterocycles. The lowest BCUT2D eigenvalue weighted by atomic mass is 10.0. The van der Waals surface area contributed by atoms with Crippen LogP contribution in [0.5, 0.6) is 0 Å². The summed E-state index contributed by atoms with van der Waals surface area (Å²) in [4.78, 5) is 10.0. The predicted octanol–water partition coefficient (Wildman–Crippen LogP) is 2.64. The lowest BCUT2D eigenvalue weighted by Crippen LogP contribution is -2.43. The molecule has 0 aromatic heterocycles. The van der Waals surface area contributed by atoms with Gasteiger partial charge < -0.3 is 15.8 Å². The second-order valence-corrected chi connectivity index (χ2v) is 6.18. The van der Waals surface area contributed by atoms with E-state index in [9.17, 15) is 14.3 Å². The van der Waals surface area contributed by atoms with Gasteiger partial charge in [0, 0.05) is 5.56 Å². The van der Waals surface area contributed by atoms with Gasteiger partial charge in [0.2, 0.25) is 0 Å². The predicted molar refractivity (Wildman–Crippen MR) is 88.0 cm³/mol. The van der Waals surface area contributed by atoms with Crippen LogP contribution < -0.4 is 5.32 Å². The van der Waals surface area contributed by atoms with E-state index < -0.39 is 29.6 Å². The zero-order chi connectivity index (χ0) is 16.7. The number of alkyl halides is 3. The molecule has 0 heterocycles. The molecule has 1 rings (SSSR count). The van der Waals surface area contributed by atoms with Crippen LogP contribution in [-0.2, 0) is 4.79 Å². The number of hydrogen-bond acceptors (Lipinski definition) is 5. The molecule has 0 spiro atoms. The van der Waals surface area contributed by atoms with Crippen LogP contribution >= 0.6 is 35.0 Å². The number of hydrogen-bond donors (Lipinski definition) is 4. The highest BCUT2D eigenvalue weighted by Crippen LogP contribution is 2.20. The number of benzene rings is 1. The molecule has 2 atom stereocenters. The number of nitrogens with one attached hydrogen (secondary N) is 3. The van der Waals surface area contributed by atoms with Crippen molar-refractivity contribution in [1.82, 2.24) is 5.32 Å². The van der Waals surface area contributed by atoms with Gasteiger partial charge in [0.05, 0.1) is 16.6 Å². The lowest BCUT2D eigenvalue weighted by molar-refractivity contribution is -0.121. The van der Waals surface area contributed by atoms with Gasteiger partial charge in [-0.25, -0.2) is 4.39 Å². The molecule has 0 aliphatic heterocycles. The summed E-state index contributed by atoms with van der Waals surface area (Å²) in [6, 6.07) is 5.01. The molecule has 0 saturated carbocycles. The Kier molecular flexibility index (Phi) is 7.81. The summed E-state index contributed by atoms with van der Waals surface area (Å²) in [7, 11) is 0. The highest BCUT2D eigenvalue weighted by Gasteiger charge is 2.25. The van der Waals surface area contributed by atoms with E-state index >= 15 is 0 Å². The zero-order valence-electron chi connectivity index (χ0n) is 11.2. The maximum Gasteiger partial charge on any atom is 0.253 e. The summed E-state index contributed by atoms with van der Waals surface area (Å²) in [5, 5.41) is 27.1. The van der Waals surface area contributed by atoms with E-state index in [2.05, 4.69) is 5.32 Å². The van der Waals surface area contributed by atoms with Crippen LogP contribution in [0.15, 0.2) is 24.3 Å². The Morgan fingerprint density at radius 3 is 2.45 bits per heavy atom. The van der Waals surface area contributed by atoms with Gasteiger partial charge in [0.25, 0.3) is 5.91 Å². The molecule has 120 valence electrons. The number of halogens is 3. The first kappa shape index (κ1) is 18.9. The van der Waals surface area contributed by atoms with E-state index in [-0.39, 0.29) is 5.04 Å². The van der Waals surface area contributed by atoms with Crippen molar-refractivity contribution in [2.24, 2.45) is 0 Å². The van der Waals surface area contributed by atoms with Crippen LogP contribution in [0.25, 0.3) is 0 Å². The Balaban J connectivity index is 2.82. The smallest absolute Gasteiger partial charge is 0.253 e. The Hall–Kier alpha value is -1.15. The van der Waals surface area contributed by atoms with Crippen LogP contribution in [-0.4, -0.2) is 39.2 Å². The summed E-state index contributed by atoms with van der Waals surface area (Å²) in [6.45, 7) is -0.991. The van der Waals surface area contributed by atoms with Crippen LogP contribution in [0.4, 0.5) is 4.39 Å². The Morgan fingerprint density at radius 1 is 1.41 bits per heavy atom. The number of thioether (sulfide) groups is 1. The van der Waals surface area contributed by atoms with Crippen molar-refractivity contribution < 1.29 is 14.3 Å². The maximum atomic E-state index is 13.0. The van der Waals surface area contributed by atoms with E-state index in [1.807, 2.05) is 0 Å². The molecule has 0 fully saturated rings. The highest BCUT2D eigenvalue weighted by atomic mass is 35.5. The van der Waals surface area contributed by atoms with E-state index in [0.29, 0.717) is 11.1 Å². The SMILES string of the molecule is N=CSC(=N)c1ccc(C(O)C(CF)NC(=O)C(Cl)Cl)cc1. The van der Waals surface area contributed by atoms with Crippen LogP contribution in [0.3, 0.4) is 0 Å². The number of carbonyl (C=O) groups excluding carboxylic acids is 1. The van der Waals surface area contributed by atoms with Crippen molar-refractivity contribution in [2.45, 2.75) is 17.0 Å². The van der Waals surface area contributed by atoms with E-state index in [4.69, 9.17) is 34.0 Å². The van der Waals surface area contributed by atoms with Crippen LogP contribution in [0.1, 0.15) is 17.2 Å². The van der Waals surface area contributed by atoms with Gasteiger partial charge in [-0.2, -0.15) is 0 Å². The molecule has 1 amide bonds. The molecule has 22 heavy (non-hydrogen) atoms. The third-order valence-corrected chi connectivity index (χ3v) is 3.75. The molecular weight excluding hydrogens is 352 g/mol. The van der Waals surface area contributed by atoms with Crippen molar-refractivity contribution in [3.8, 4) is 0 Å². The van der Waals surface area contributed by atoms with Gasteiger partial charge >= 0.3 is 0 Å².